The number of carbonyl (C=O) groups excluding carboxylic acids is 1. The summed E-state index contributed by atoms with van der Waals surface area (Å²) in [7, 11) is 0. The zero-order chi connectivity index (χ0) is 19.4. The van der Waals surface area contributed by atoms with Crippen LogP contribution in [-0.4, -0.2) is 25.7 Å². The Balaban J connectivity index is 2.21. The van der Waals surface area contributed by atoms with Crippen LogP contribution < -0.4 is 10.9 Å². The molecule has 138 valence electrons. The van der Waals surface area contributed by atoms with E-state index in [1.54, 1.807) is 48.8 Å². The maximum Gasteiger partial charge on any atom is 0.291 e. The van der Waals surface area contributed by atoms with Crippen LogP contribution in [0.2, 0.25) is 0 Å². The molecule has 0 saturated heterocycles. The Hall–Kier alpha value is -3.32. The molecular formula is C20H20N4O3. The second kappa shape index (κ2) is 7.92. The number of benzene rings is 1. The molecule has 2 heterocycles. The highest BCUT2D eigenvalue weighted by atomic mass is 16.3. The van der Waals surface area contributed by atoms with Gasteiger partial charge in [0.25, 0.3) is 5.56 Å². The Morgan fingerprint density at radius 2 is 1.81 bits per heavy atom. The van der Waals surface area contributed by atoms with Crippen molar-refractivity contribution in [2.45, 2.75) is 27.0 Å². The Bertz CT molecular complexity index is 1010. The highest BCUT2D eigenvalue weighted by Gasteiger charge is 2.21. The van der Waals surface area contributed by atoms with E-state index in [-0.39, 0.29) is 29.2 Å². The first kappa shape index (κ1) is 18.5. The molecule has 7 heteroatoms. The van der Waals surface area contributed by atoms with E-state index in [1.807, 2.05) is 6.92 Å². The van der Waals surface area contributed by atoms with Crippen molar-refractivity contribution in [2.75, 3.05) is 5.32 Å². The first-order valence-corrected chi connectivity index (χ1v) is 8.58. The van der Waals surface area contributed by atoms with Crippen molar-refractivity contribution in [2.24, 2.45) is 0 Å². The number of anilines is 2. The summed E-state index contributed by atoms with van der Waals surface area (Å²) in [4.78, 5) is 29.3. The molecule has 0 bridgehead atoms. The standard InChI is InChI=1S/C20H20N4O3/c1-3-24-20(27)19(22-16-6-4-14(12-25)5-7-16)17(13(2)26)18(23-24)15-8-10-21-11-9-15/h4-11,22,25H,3,12H2,1-2H3. The molecule has 7 nitrogen and oxygen atoms in total. The largest absolute Gasteiger partial charge is 0.392 e. The molecule has 0 aliphatic carbocycles. The van der Waals surface area contributed by atoms with Gasteiger partial charge in [-0.2, -0.15) is 5.10 Å². The Morgan fingerprint density at radius 3 is 2.37 bits per heavy atom. The Kier molecular flexibility index (Phi) is 5.42. The molecule has 0 atom stereocenters. The van der Waals surface area contributed by atoms with Gasteiger partial charge in [0.2, 0.25) is 0 Å². The Labute approximate surface area is 156 Å². The van der Waals surface area contributed by atoms with Gasteiger partial charge < -0.3 is 10.4 Å². The number of aliphatic hydroxyl groups excluding tert-OH is 1. The van der Waals surface area contributed by atoms with Crippen LogP contribution in [0.15, 0.2) is 53.6 Å². The van der Waals surface area contributed by atoms with Gasteiger partial charge >= 0.3 is 0 Å². The summed E-state index contributed by atoms with van der Waals surface area (Å²) >= 11 is 0. The number of aromatic nitrogens is 3. The second-order valence-electron chi connectivity index (χ2n) is 5.99. The number of Topliss-reactive ketones (excluding diaryl/α,β-unsaturated/α-hetero) is 1. The van der Waals surface area contributed by atoms with Gasteiger partial charge in [-0.05, 0) is 43.7 Å². The number of aliphatic hydroxyl groups is 1. The van der Waals surface area contributed by atoms with Crippen molar-refractivity contribution in [1.29, 1.82) is 0 Å². The minimum absolute atomic E-state index is 0.0664. The van der Waals surface area contributed by atoms with Crippen LogP contribution in [0.4, 0.5) is 11.4 Å². The third-order valence-corrected chi connectivity index (χ3v) is 4.17. The first-order valence-electron chi connectivity index (χ1n) is 8.58. The monoisotopic (exact) mass is 364 g/mol. The van der Waals surface area contributed by atoms with Crippen LogP contribution in [0.3, 0.4) is 0 Å². The summed E-state index contributed by atoms with van der Waals surface area (Å²) in [5, 5.41) is 16.6. The van der Waals surface area contributed by atoms with Crippen LogP contribution in [-0.2, 0) is 13.2 Å². The van der Waals surface area contributed by atoms with Gasteiger partial charge in [0.05, 0.1) is 12.2 Å². The molecule has 0 amide bonds. The van der Waals surface area contributed by atoms with Gasteiger partial charge in [-0.3, -0.25) is 14.6 Å². The third-order valence-electron chi connectivity index (χ3n) is 4.17. The highest BCUT2D eigenvalue weighted by molar-refractivity contribution is 6.05. The fourth-order valence-electron chi connectivity index (χ4n) is 2.79. The van der Waals surface area contributed by atoms with Gasteiger partial charge in [0.1, 0.15) is 11.4 Å². The molecular weight excluding hydrogens is 344 g/mol. The number of hydrogen-bond acceptors (Lipinski definition) is 6. The lowest BCUT2D eigenvalue weighted by Gasteiger charge is -2.16. The van der Waals surface area contributed by atoms with Crippen molar-refractivity contribution in [3.8, 4) is 11.3 Å². The number of aryl methyl sites for hydroxylation is 1. The van der Waals surface area contributed by atoms with Gasteiger partial charge in [-0.1, -0.05) is 12.1 Å². The topological polar surface area (TPSA) is 97.1 Å². The third kappa shape index (κ3) is 3.78. The van der Waals surface area contributed by atoms with E-state index in [9.17, 15) is 14.7 Å². The maximum atomic E-state index is 12.9. The quantitative estimate of drug-likeness (QED) is 0.653. The lowest BCUT2D eigenvalue weighted by molar-refractivity contribution is 0.101. The van der Waals surface area contributed by atoms with Gasteiger partial charge in [-0.25, -0.2) is 4.68 Å². The zero-order valence-corrected chi connectivity index (χ0v) is 15.1. The Morgan fingerprint density at radius 1 is 1.15 bits per heavy atom. The molecule has 0 unspecified atom stereocenters. The first-order chi connectivity index (χ1) is 13.0. The number of pyridine rings is 1. The fraction of sp³-hybridized carbons (Fsp3) is 0.200. The summed E-state index contributed by atoms with van der Waals surface area (Å²) in [5.41, 5.74) is 2.58. The van der Waals surface area contributed by atoms with E-state index >= 15 is 0 Å². The molecule has 0 radical (unpaired) electrons. The van der Waals surface area contributed by atoms with Crippen LogP contribution >= 0.6 is 0 Å². The average Bonchev–Trinajstić information content (AvgIpc) is 2.70. The van der Waals surface area contributed by atoms with Crippen molar-refractivity contribution >= 4 is 17.2 Å². The van der Waals surface area contributed by atoms with Crippen molar-refractivity contribution in [3.05, 3.63) is 70.3 Å². The van der Waals surface area contributed by atoms with Crippen molar-refractivity contribution < 1.29 is 9.90 Å². The SMILES string of the molecule is CCn1nc(-c2ccncc2)c(C(C)=O)c(Nc2ccc(CO)cc2)c1=O. The lowest BCUT2D eigenvalue weighted by Crippen LogP contribution is -2.28. The van der Waals surface area contributed by atoms with E-state index in [0.717, 1.165) is 5.56 Å². The summed E-state index contributed by atoms with van der Waals surface area (Å²) in [6.07, 6.45) is 3.23. The van der Waals surface area contributed by atoms with Gasteiger partial charge in [0, 0.05) is 30.2 Å². The smallest absolute Gasteiger partial charge is 0.291 e. The molecule has 2 aromatic heterocycles. The number of nitrogens with zero attached hydrogens (tertiary/aromatic N) is 3. The fourth-order valence-corrected chi connectivity index (χ4v) is 2.79. The second-order valence-corrected chi connectivity index (χ2v) is 5.99. The predicted molar refractivity (Wildman–Crippen MR) is 103 cm³/mol. The normalized spacial score (nSPS) is 10.6. The summed E-state index contributed by atoms with van der Waals surface area (Å²) < 4.78 is 1.33. The molecule has 0 fully saturated rings. The molecule has 3 rings (SSSR count). The minimum atomic E-state index is -0.369. The number of rotatable bonds is 6. The van der Waals surface area contributed by atoms with E-state index in [2.05, 4.69) is 15.4 Å². The predicted octanol–water partition coefficient (Wildman–Crippen LogP) is 2.76. The molecule has 0 saturated carbocycles. The van der Waals surface area contributed by atoms with E-state index in [4.69, 9.17) is 0 Å². The lowest BCUT2D eigenvalue weighted by atomic mass is 10.0. The molecule has 3 aromatic rings. The summed E-state index contributed by atoms with van der Waals surface area (Å²) in [6.45, 7) is 3.53. The van der Waals surface area contributed by atoms with E-state index in [0.29, 0.717) is 23.5 Å². The summed E-state index contributed by atoms with van der Waals surface area (Å²) in [6, 6.07) is 10.5. The highest BCUT2D eigenvalue weighted by Crippen LogP contribution is 2.27. The van der Waals surface area contributed by atoms with Gasteiger partial charge in [0.15, 0.2) is 5.78 Å². The van der Waals surface area contributed by atoms with Crippen molar-refractivity contribution in [3.63, 3.8) is 0 Å². The molecule has 2 N–H and O–H groups in total. The molecule has 1 aromatic carbocycles. The van der Waals surface area contributed by atoms with Crippen LogP contribution in [0.1, 0.15) is 29.8 Å². The van der Waals surface area contributed by atoms with Crippen LogP contribution in [0, 0.1) is 0 Å². The number of ketones is 1. The maximum absolute atomic E-state index is 12.9. The van der Waals surface area contributed by atoms with E-state index in [1.165, 1.54) is 11.6 Å². The minimum Gasteiger partial charge on any atom is -0.392 e. The number of nitrogens with one attached hydrogen (secondary N) is 1. The van der Waals surface area contributed by atoms with Crippen molar-refractivity contribution in [1.82, 2.24) is 14.8 Å². The number of hydrogen-bond donors (Lipinski definition) is 2. The summed E-state index contributed by atoms with van der Waals surface area (Å²) in [5.74, 6) is -0.260. The van der Waals surface area contributed by atoms with Gasteiger partial charge in [-0.15, -0.1) is 0 Å². The van der Waals surface area contributed by atoms with Crippen LogP contribution in [0.25, 0.3) is 11.3 Å². The average molecular weight is 364 g/mol. The molecule has 27 heavy (non-hydrogen) atoms. The molecule has 0 aliphatic rings. The van der Waals surface area contributed by atoms with E-state index < -0.39 is 0 Å². The molecule has 0 spiro atoms. The van der Waals surface area contributed by atoms with Crippen LogP contribution in [0.5, 0.6) is 0 Å². The molecule has 0 aliphatic heterocycles. The number of carbonyl (C=O) groups is 1. The zero-order valence-electron chi connectivity index (χ0n) is 15.1.